The fraction of sp³-hybridized carbons (Fsp3) is 0.429. The van der Waals surface area contributed by atoms with Crippen LogP contribution in [0.4, 0.5) is 4.39 Å². The van der Waals surface area contributed by atoms with Gasteiger partial charge in [-0.2, -0.15) is 0 Å². The lowest BCUT2D eigenvalue weighted by molar-refractivity contribution is -0.146. The molecule has 0 heterocycles. The molecule has 0 atom stereocenters. The zero-order chi connectivity index (χ0) is 14.6. The Bertz CT molecular complexity index is 485. The Morgan fingerprint density at radius 1 is 1.37 bits per heavy atom. The molecule has 1 aromatic carbocycles. The number of hydrogen-bond acceptors (Lipinski definition) is 2. The quantitative estimate of drug-likeness (QED) is 0.888. The monoisotopic (exact) mass is 267 g/mol. The van der Waals surface area contributed by atoms with Crippen molar-refractivity contribution in [1.82, 2.24) is 4.90 Å². The second-order valence-corrected chi connectivity index (χ2v) is 4.85. The van der Waals surface area contributed by atoms with E-state index in [1.54, 1.807) is 26.8 Å². The first-order chi connectivity index (χ1) is 8.78. The Kier molecular flexibility index (Phi) is 4.64. The van der Waals surface area contributed by atoms with Gasteiger partial charge >= 0.3 is 5.97 Å². The molecule has 0 fully saturated rings. The molecule has 0 saturated carbocycles. The van der Waals surface area contributed by atoms with Crippen molar-refractivity contribution < 1.29 is 19.1 Å². The minimum atomic E-state index is -1.06. The third-order valence-corrected chi connectivity index (χ3v) is 3.08. The van der Waals surface area contributed by atoms with Crippen LogP contribution in [0.1, 0.15) is 26.3 Å². The van der Waals surface area contributed by atoms with Crippen LogP contribution < -0.4 is 0 Å². The lowest BCUT2D eigenvalue weighted by atomic mass is 9.83. The fourth-order valence-electron chi connectivity index (χ4n) is 1.89. The van der Waals surface area contributed by atoms with Crippen LogP contribution in [0.25, 0.3) is 0 Å². The molecule has 0 aromatic heterocycles. The number of likely N-dealkylation sites (N-methyl/N-ethyl adjacent to an activating group) is 1. The zero-order valence-electron chi connectivity index (χ0n) is 11.3. The summed E-state index contributed by atoms with van der Waals surface area (Å²) >= 11 is 0. The molecule has 4 nitrogen and oxygen atoms in total. The summed E-state index contributed by atoms with van der Waals surface area (Å²) in [5, 5.41) is 8.79. The standard InChI is InChI=1S/C14H18FNO3/c1-4-16(9-12(17)18)13(19)14(2,3)10-6-5-7-11(15)8-10/h5-8H,4,9H2,1-3H3,(H,17,18). The van der Waals surface area contributed by atoms with Gasteiger partial charge in [0.25, 0.3) is 0 Å². The van der Waals surface area contributed by atoms with E-state index >= 15 is 0 Å². The summed E-state index contributed by atoms with van der Waals surface area (Å²) in [5.41, 5.74) is -0.436. The minimum Gasteiger partial charge on any atom is -0.480 e. The van der Waals surface area contributed by atoms with E-state index in [2.05, 4.69) is 0 Å². The first kappa shape index (κ1) is 15.1. The van der Waals surface area contributed by atoms with Gasteiger partial charge in [-0.05, 0) is 38.5 Å². The molecule has 1 aromatic rings. The van der Waals surface area contributed by atoms with Gasteiger partial charge in [-0.1, -0.05) is 12.1 Å². The van der Waals surface area contributed by atoms with E-state index in [0.29, 0.717) is 12.1 Å². The molecule has 0 aliphatic rings. The highest BCUT2D eigenvalue weighted by atomic mass is 19.1. The third kappa shape index (κ3) is 3.53. The number of nitrogens with zero attached hydrogens (tertiary/aromatic N) is 1. The fourth-order valence-corrected chi connectivity index (χ4v) is 1.89. The van der Waals surface area contributed by atoms with Crippen molar-refractivity contribution in [1.29, 1.82) is 0 Å². The number of amides is 1. The largest absolute Gasteiger partial charge is 0.480 e. The Morgan fingerprint density at radius 2 is 2.00 bits per heavy atom. The van der Waals surface area contributed by atoms with Crippen molar-refractivity contribution >= 4 is 11.9 Å². The molecule has 0 saturated heterocycles. The highest BCUT2D eigenvalue weighted by Gasteiger charge is 2.34. The molecular formula is C14H18FNO3. The Balaban J connectivity index is 3.04. The van der Waals surface area contributed by atoms with Gasteiger partial charge in [-0.25, -0.2) is 4.39 Å². The summed E-state index contributed by atoms with van der Waals surface area (Å²) in [4.78, 5) is 24.4. The number of carboxylic acids is 1. The molecule has 0 unspecified atom stereocenters. The van der Waals surface area contributed by atoms with E-state index < -0.39 is 17.2 Å². The number of carboxylic acid groups (broad SMARTS) is 1. The van der Waals surface area contributed by atoms with Crippen LogP contribution in [0.5, 0.6) is 0 Å². The summed E-state index contributed by atoms with van der Waals surface area (Å²) in [6.07, 6.45) is 0. The van der Waals surface area contributed by atoms with Gasteiger partial charge in [-0.3, -0.25) is 9.59 Å². The Hall–Kier alpha value is -1.91. The SMILES string of the molecule is CCN(CC(=O)O)C(=O)C(C)(C)c1cccc(F)c1. The van der Waals surface area contributed by atoms with E-state index in [1.807, 2.05) is 0 Å². The van der Waals surface area contributed by atoms with Crippen LogP contribution in [-0.4, -0.2) is 35.0 Å². The van der Waals surface area contributed by atoms with Crippen LogP contribution in [0.15, 0.2) is 24.3 Å². The predicted molar refractivity (Wildman–Crippen MR) is 69.3 cm³/mol. The van der Waals surface area contributed by atoms with E-state index in [9.17, 15) is 14.0 Å². The number of hydrogen-bond donors (Lipinski definition) is 1. The van der Waals surface area contributed by atoms with E-state index in [4.69, 9.17) is 5.11 Å². The number of carbonyl (C=O) groups excluding carboxylic acids is 1. The van der Waals surface area contributed by atoms with Crippen molar-refractivity contribution in [3.63, 3.8) is 0 Å². The number of halogens is 1. The van der Waals surface area contributed by atoms with Crippen molar-refractivity contribution in [2.75, 3.05) is 13.1 Å². The average molecular weight is 267 g/mol. The van der Waals surface area contributed by atoms with E-state index in [1.165, 1.54) is 23.1 Å². The lowest BCUT2D eigenvalue weighted by Crippen LogP contribution is -2.45. The zero-order valence-corrected chi connectivity index (χ0v) is 11.3. The average Bonchev–Trinajstić information content (AvgIpc) is 2.34. The predicted octanol–water partition coefficient (Wildman–Crippen LogP) is 2.04. The van der Waals surface area contributed by atoms with Crippen LogP contribution >= 0.6 is 0 Å². The summed E-state index contributed by atoms with van der Waals surface area (Å²) in [6.45, 7) is 4.98. The molecule has 19 heavy (non-hydrogen) atoms. The third-order valence-electron chi connectivity index (χ3n) is 3.08. The molecule has 0 aliphatic heterocycles. The number of benzene rings is 1. The molecule has 1 amide bonds. The summed E-state index contributed by atoms with van der Waals surface area (Å²) < 4.78 is 13.2. The maximum Gasteiger partial charge on any atom is 0.323 e. The van der Waals surface area contributed by atoms with E-state index in [0.717, 1.165) is 0 Å². The summed E-state index contributed by atoms with van der Waals surface area (Å²) in [7, 11) is 0. The summed E-state index contributed by atoms with van der Waals surface area (Å²) in [6, 6.07) is 5.80. The summed E-state index contributed by atoms with van der Waals surface area (Å²) in [5.74, 6) is -1.81. The molecule has 0 radical (unpaired) electrons. The molecule has 1 rings (SSSR count). The van der Waals surface area contributed by atoms with Crippen molar-refractivity contribution in [3.8, 4) is 0 Å². The van der Waals surface area contributed by atoms with Crippen LogP contribution in [0.2, 0.25) is 0 Å². The van der Waals surface area contributed by atoms with Gasteiger partial charge < -0.3 is 10.0 Å². The first-order valence-corrected chi connectivity index (χ1v) is 6.06. The molecule has 104 valence electrons. The second-order valence-electron chi connectivity index (χ2n) is 4.85. The number of carbonyl (C=O) groups is 2. The Labute approximate surface area is 111 Å². The molecule has 0 bridgehead atoms. The normalized spacial score (nSPS) is 11.2. The Morgan fingerprint density at radius 3 is 2.47 bits per heavy atom. The number of rotatable bonds is 5. The van der Waals surface area contributed by atoms with Crippen molar-refractivity contribution in [2.45, 2.75) is 26.2 Å². The van der Waals surface area contributed by atoms with Crippen LogP contribution in [0, 0.1) is 5.82 Å². The molecule has 1 N–H and O–H groups in total. The van der Waals surface area contributed by atoms with Crippen LogP contribution in [-0.2, 0) is 15.0 Å². The highest BCUT2D eigenvalue weighted by molar-refractivity contribution is 5.89. The molecule has 5 heteroatoms. The minimum absolute atomic E-state index is 0.296. The van der Waals surface area contributed by atoms with Gasteiger partial charge in [0.15, 0.2) is 0 Å². The first-order valence-electron chi connectivity index (χ1n) is 6.06. The van der Waals surface area contributed by atoms with E-state index in [-0.39, 0.29) is 12.5 Å². The topological polar surface area (TPSA) is 57.6 Å². The van der Waals surface area contributed by atoms with Gasteiger partial charge in [0, 0.05) is 6.54 Å². The van der Waals surface area contributed by atoms with Crippen LogP contribution in [0.3, 0.4) is 0 Å². The highest BCUT2D eigenvalue weighted by Crippen LogP contribution is 2.26. The van der Waals surface area contributed by atoms with Crippen molar-refractivity contribution in [3.05, 3.63) is 35.6 Å². The molecule has 0 aliphatic carbocycles. The number of aliphatic carboxylic acids is 1. The molecule has 0 spiro atoms. The maximum atomic E-state index is 13.2. The molecular weight excluding hydrogens is 249 g/mol. The van der Waals surface area contributed by atoms with Gasteiger partial charge in [-0.15, -0.1) is 0 Å². The second kappa shape index (κ2) is 5.82. The maximum absolute atomic E-state index is 13.2. The van der Waals surface area contributed by atoms with Gasteiger partial charge in [0.05, 0.1) is 5.41 Å². The van der Waals surface area contributed by atoms with Crippen molar-refractivity contribution in [2.24, 2.45) is 0 Å². The van der Waals surface area contributed by atoms with Gasteiger partial charge in [0.1, 0.15) is 12.4 Å². The van der Waals surface area contributed by atoms with Gasteiger partial charge in [0.2, 0.25) is 5.91 Å². The lowest BCUT2D eigenvalue weighted by Gasteiger charge is -2.30. The smallest absolute Gasteiger partial charge is 0.323 e.